The summed E-state index contributed by atoms with van der Waals surface area (Å²) in [7, 11) is 0. The van der Waals surface area contributed by atoms with Crippen LogP contribution in [-0.2, 0) is 16.2 Å². The van der Waals surface area contributed by atoms with Crippen molar-refractivity contribution in [2.45, 2.75) is 13.5 Å². The van der Waals surface area contributed by atoms with Crippen molar-refractivity contribution in [2.75, 3.05) is 11.9 Å². The van der Waals surface area contributed by atoms with E-state index in [-0.39, 0.29) is 23.9 Å². The largest absolute Gasteiger partial charge is 0.488 e. The van der Waals surface area contributed by atoms with E-state index in [4.69, 9.17) is 4.74 Å². The Kier molecular flexibility index (Phi) is 7.67. The van der Waals surface area contributed by atoms with Crippen LogP contribution in [0.1, 0.15) is 16.7 Å². The highest BCUT2D eigenvalue weighted by molar-refractivity contribution is 9.10. The second kappa shape index (κ2) is 10.9. The number of halogens is 2. The van der Waals surface area contributed by atoms with Crippen LogP contribution in [0.3, 0.4) is 0 Å². The van der Waals surface area contributed by atoms with Gasteiger partial charge < -0.3 is 10.1 Å². The predicted octanol–water partition coefficient (Wildman–Crippen LogP) is 6.15. The van der Waals surface area contributed by atoms with Gasteiger partial charge in [-0.25, -0.2) is 4.39 Å². The van der Waals surface area contributed by atoms with Crippen LogP contribution in [0.15, 0.2) is 76.1 Å². The van der Waals surface area contributed by atoms with Gasteiger partial charge in [-0.2, -0.15) is 0 Å². The van der Waals surface area contributed by atoms with Gasteiger partial charge in [0.1, 0.15) is 24.7 Å². The maximum absolute atomic E-state index is 13.0. The van der Waals surface area contributed by atoms with Gasteiger partial charge in [-0.3, -0.25) is 19.3 Å². The number of rotatable bonds is 7. The Hall–Kier alpha value is -3.43. The molecule has 35 heavy (non-hydrogen) atoms. The van der Waals surface area contributed by atoms with Gasteiger partial charge in [0.15, 0.2) is 0 Å². The number of thioether (sulfide) groups is 1. The fourth-order valence-electron chi connectivity index (χ4n) is 3.32. The molecule has 9 heteroatoms. The molecule has 1 aliphatic rings. The number of nitrogens with zero attached hydrogens (tertiary/aromatic N) is 1. The summed E-state index contributed by atoms with van der Waals surface area (Å²) < 4.78 is 19.5. The van der Waals surface area contributed by atoms with Crippen molar-refractivity contribution >= 4 is 56.5 Å². The lowest BCUT2D eigenvalue weighted by Crippen LogP contribution is -2.36. The van der Waals surface area contributed by atoms with Crippen LogP contribution in [0.2, 0.25) is 0 Å². The summed E-state index contributed by atoms with van der Waals surface area (Å²) in [4.78, 5) is 38.7. The number of benzene rings is 3. The molecule has 1 saturated heterocycles. The maximum Gasteiger partial charge on any atom is 0.294 e. The van der Waals surface area contributed by atoms with Crippen molar-refractivity contribution in [1.82, 2.24) is 4.90 Å². The molecule has 1 fully saturated rings. The van der Waals surface area contributed by atoms with Gasteiger partial charge in [0.05, 0.1) is 9.38 Å². The van der Waals surface area contributed by atoms with Crippen LogP contribution in [0, 0.1) is 12.7 Å². The highest BCUT2D eigenvalue weighted by atomic mass is 79.9. The normalized spacial score (nSPS) is 14.5. The molecule has 3 aromatic rings. The fraction of sp³-hybridized carbons (Fsp3) is 0.115. The fourth-order valence-corrected chi connectivity index (χ4v) is 4.67. The van der Waals surface area contributed by atoms with Crippen LogP contribution in [0.25, 0.3) is 6.08 Å². The van der Waals surface area contributed by atoms with Crippen LogP contribution in [0.5, 0.6) is 5.75 Å². The third kappa shape index (κ3) is 6.37. The van der Waals surface area contributed by atoms with Gasteiger partial charge in [-0.1, -0.05) is 30.3 Å². The molecule has 0 aromatic heterocycles. The Bertz CT molecular complexity index is 1330. The number of nitrogens with one attached hydrogen (secondary N) is 1. The molecule has 6 nitrogen and oxygen atoms in total. The maximum atomic E-state index is 13.0. The molecule has 1 heterocycles. The minimum atomic E-state index is -0.521. The zero-order valence-electron chi connectivity index (χ0n) is 18.6. The first-order valence-corrected chi connectivity index (χ1v) is 12.2. The lowest BCUT2D eigenvalue weighted by Gasteiger charge is -2.12. The van der Waals surface area contributed by atoms with E-state index in [1.54, 1.807) is 48.5 Å². The standard InChI is InChI=1S/C26H20BrFN2O4S/c1-16-3-2-4-20(11-16)29-24(31)14-30-25(32)23(35-26(30)33)13-18-7-10-22(21(27)12-18)34-15-17-5-8-19(28)9-6-17/h2-13H,14-15H2,1H3,(H,29,31)/b23-13-. The van der Waals surface area contributed by atoms with Crippen LogP contribution in [-0.4, -0.2) is 28.5 Å². The number of anilines is 1. The second-order valence-electron chi connectivity index (χ2n) is 7.79. The van der Waals surface area contributed by atoms with Gasteiger partial charge in [0.25, 0.3) is 11.1 Å². The zero-order valence-corrected chi connectivity index (χ0v) is 21.0. The van der Waals surface area contributed by atoms with Crippen LogP contribution in [0.4, 0.5) is 14.9 Å². The number of ether oxygens (including phenoxy) is 1. The molecule has 4 rings (SSSR count). The van der Waals surface area contributed by atoms with Crippen molar-refractivity contribution in [3.8, 4) is 5.75 Å². The molecular formula is C26H20BrFN2O4S. The molecule has 0 unspecified atom stereocenters. The number of aryl methyl sites for hydroxylation is 1. The van der Waals surface area contributed by atoms with E-state index in [9.17, 15) is 18.8 Å². The average Bonchev–Trinajstić information content (AvgIpc) is 3.07. The van der Waals surface area contributed by atoms with E-state index in [1.807, 2.05) is 19.1 Å². The summed E-state index contributed by atoms with van der Waals surface area (Å²) in [6.45, 7) is 1.80. The van der Waals surface area contributed by atoms with Gasteiger partial charge in [-0.15, -0.1) is 0 Å². The van der Waals surface area contributed by atoms with Gasteiger partial charge >= 0.3 is 0 Å². The summed E-state index contributed by atoms with van der Waals surface area (Å²) >= 11 is 4.24. The first-order valence-electron chi connectivity index (χ1n) is 10.6. The Morgan fingerprint density at radius 1 is 1.11 bits per heavy atom. The Morgan fingerprint density at radius 2 is 1.89 bits per heavy atom. The molecule has 3 aromatic carbocycles. The molecular weight excluding hydrogens is 535 g/mol. The minimum Gasteiger partial charge on any atom is -0.488 e. The first-order chi connectivity index (χ1) is 16.8. The number of imide groups is 1. The molecule has 3 amide bonds. The number of amides is 3. The summed E-state index contributed by atoms with van der Waals surface area (Å²) in [6, 6.07) is 18.5. The lowest BCUT2D eigenvalue weighted by atomic mass is 10.2. The van der Waals surface area contributed by atoms with Crippen molar-refractivity contribution in [2.24, 2.45) is 0 Å². The van der Waals surface area contributed by atoms with E-state index >= 15 is 0 Å². The lowest BCUT2D eigenvalue weighted by molar-refractivity contribution is -0.127. The summed E-state index contributed by atoms with van der Waals surface area (Å²) in [5, 5.41) is 2.20. The van der Waals surface area contributed by atoms with E-state index < -0.39 is 17.1 Å². The SMILES string of the molecule is Cc1cccc(NC(=O)CN2C(=O)S/C(=C\c3ccc(OCc4ccc(F)cc4)c(Br)c3)C2=O)c1. The molecule has 1 N–H and O–H groups in total. The molecule has 0 atom stereocenters. The monoisotopic (exact) mass is 554 g/mol. The second-order valence-corrected chi connectivity index (χ2v) is 9.64. The molecule has 0 saturated carbocycles. The van der Waals surface area contributed by atoms with Crippen molar-refractivity contribution in [3.63, 3.8) is 0 Å². The molecule has 0 aliphatic carbocycles. The third-order valence-corrected chi connectivity index (χ3v) is 6.57. The summed E-state index contributed by atoms with van der Waals surface area (Å²) in [5.41, 5.74) is 3.09. The Balaban J connectivity index is 1.39. The van der Waals surface area contributed by atoms with Gasteiger partial charge in [0, 0.05) is 5.69 Å². The Morgan fingerprint density at radius 3 is 2.60 bits per heavy atom. The third-order valence-electron chi connectivity index (χ3n) is 5.04. The molecule has 0 spiro atoms. The van der Waals surface area contributed by atoms with Crippen molar-refractivity contribution in [1.29, 1.82) is 0 Å². The zero-order chi connectivity index (χ0) is 24.9. The van der Waals surface area contributed by atoms with Crippen LogP contribution < -0.4 is 10.1 Å². The van der Waals surface area contributed by atoms with E-state index in [1.165, 1.54) is 12.1 Å². The van der Waals surface area contributed by atoms with Crippen molar-refractivity contribution < 1.29 is 23.5 Å². The van der Waals surface area contributed by atoms with E-state index in [0.717, 1.165) is 27.8 Å². The quantitative estimate of drug-likeness (QED) is 0.354. The Labute approximate surface area is 214 Å². The highest BCUT2D eigenvalue weighted by Crippen LogP contribution is 2.34. The minimum absolute atomic E-state index is 0.227. The molecule has 1 aliphatic heterocycles. The first kappa shape index (κ1) is 24.7. The number of carbonyl (C=O) groups is 3. The molecule has 0 bridgehead atoms. The highest BCUT2D eigenvalue weighted by Gasteiger charge is 2.36. The van der Waals surface area contributed by atoms with E-state index in [2.05, 4.69) is 21.2 Å². The average molecular weight is 555 g/mol. The number of hydrogen-bond donors (Lipinski definition) is 1. The smallest absolute Gasteiger partial charge is 0.294 e. The van der Waals surface area contributed by atoms with Gasteiger partial charge in [0.2, 0.25) is 5.91 Å². The molecule has 178 valence electrons. The summed E-state index contributed by atoms with van der Waals surface area (Å²) in [6.07, 6.45) is 1.60. The predicted molar refractivity (Wildman–Crippen MR) is 137 cm³/mol. The number of carbonyl (C=O) groups excluding carboxylic acids is 3. The summed E-state index contributed by atoms with van der Waals surface area (Å²) in [5.74, 6) is -0.709. The van der Waals surface area contributed by atoms with E-state index in [0.29, 0.717) is 21.5 Å². The topological polar surface area (TPSA) is 75.7 Å². The van der Waals surface area contributed by atoms with Crippen LogP contribution >= 0.6 is 27.7 Å². The molecule has 0 radical (unpaired) electrons. The number of hydrogen-bond acceptors (Lipinski definition) is 5. The van der Waals surface area contributed by atoms with Gasteiger partial charge in [-0.05, 0) is 93.8 Å². The van der Waals surface area contributed by atoms with Crippen molar-refractivity contribution in [3.05, 3.63) is 98.6 Å².